The van der Waals surface area contributed by atoms with Gasteiger partial charge in [-0.1, -0.05) is 31.7 Å². The normalized spacial score (nSPS) is 47.4. The van der Waals surface area contributed by atoms with Crippen molar-refractivity contribution >= 4 is 5.71 Å². The van der Waals surface area contributed by atoms with Gasteiger partial charge in [-0.15, -0.1) is 0 Å². The van der Waals surface area contributed by atoms with E-state index in [9.17, 15) is 0 Å². The Bertz CT molecular complexity index is 785. The third-order valence-electron chi connectivity index (χ3n) is 10.5. The van der Waals surface area contributed by atoms with E-state index in [-0.39, 0.29) is 16.6 Å². The summed E-state index contributed by atoms with van der Waals surface area (Å²) in [7, 11) is 0. The number of fused-ring (bicyclic) bond motifs is 6. The molecule has 32 heavy (non-hydrogen) atoms. The van der Waals surface area contributed by atoms with Crippen molar-refractivity contribution in [1.29, 1.82) is 0 Å². The van der Waals surface area contributed by atoms with Crippen LogP contribution in [0.3, 0.4) is 0 Å². The van der Waals surface area contributed by atoms with Gasteiger partial charge in [-0.05, 0) is 55.3 Å². The molecule has 1 unspecified atom stereocenters. The molecule has 0 aromatic rings. The van der Waals surface area contributed by atoms with E-state index < -0.39 is 5.79 Å². The Kier molecular flexibility index (Phi) is 5.07. The van der Waals surface area contributed by atoms with Crippen LogP contribution in [0.2, 0.25) is 0 Å². The molecular weight excluding hydrogens is 406 g/mol. The van der Waals surface area contributed by atoms with E-state index in [1.807, 2.05) is 0 Å². The van der Waals surface area contributed by atoms with Crippen LogP contribution in [0.4, 0.5) is 0 Å². The maximum absolute atomic E-state index is 6.33. The van der Waals surface area contributed by atoms with Crippen molar-refractivity contribution in [1.82, 2.24) is 0 Å². The van der Waals surface area contributed by atoms with Crippen molar-refractivity contribution in [2.45, 2.75) is 76.8 Å². The first-order chi connectivity index (χ1) is 15.5. The van der Waals surface area contributed by atoms with Gasteiger partial charge in [0.2, 0.25) is 0 Å². The predicted molar refractivity (Wildman–Crippen MR) is 120 cm³/mol. The summed E-state index contributed by atoms with van der Waals surface area (Å²) in [5.41, 5.74) is 1.51. The highest BCUT2D eigenvalue weighted by atomic mass is 16.7. The summed E-state index contributed by atoms with van der Waals surface area (Å²) >= 11 is 0. The third-order valence-corrected chi connectivity index (χ3v) is 10.5. The quantitative estimate of drug-likeness (QED) is 0.359. The minimum atomic E-state index is -0.414. The molecule has 0 bridgehead atoms. The zero-order valence-corrected chi connectivity index (χ0v) is 19.8. The Hall–Kier alpha value is -0.950. The third kappa shape index (κ3) is 2.88. The maximum atomic E-state index is 6.33. The lowest BCUT2D eigenvalue weighted by Crippen LogP contribution is -2.60. The summed E-state index contributed by atoms with van der Waals surface area (Å²) < 4.78 is 25.0. The van der Waals surface area contributed by atoms with Gasteiger partial charge in [0.25, 0.3) is 0 Å². The molecular formula is C26H39NO5. The number of hydrogen-bond acceptors (Lipinski definition) is 6. The van der Waals surface area contributed by atoms with Crippen LogP contribution in [-0.2, 0) is 23.8 Å². The second-order valence-corrected chi connectivity index (χ2v) is 11.6. The van der Waals surface area contributed by atoms with Gasteiger partial charge >= 0.3 is 0 Å². The molecule has 0 aromatic carbocycles. The van der Waals surface area contributed by atoms with Crippen molar-refractivity contribution in [2.75, 3.05) is 33.0 Å². The topological polar surface area (TPSA) is 58.5 Å². The lowest BCUT2D eigenvalue weighted by Gasteiger charge is -2.62. The second kappa shape index (κ2) is 7.53. The summed E-state index contributed by atoms with van der Waals surface area (Å²) in [6.45, 7) is 12.1. The molecule has 2 aliphatic heterocycles. The number of oxime groups is 1. The Morgan fingerprint density at radius 3 is 2.44 bits per heavy atom. The molecule has 0 amide bonds. The van der Waals surface area contributed by atoms with Crippen LogP contribution >= 0.6 is 0 Å². The summed E-state index contributed by atoms with van der Waals surface area (Å²) in [4.78, 5) is 5.72. The van der Waals surface area contributed by atoms with E-state index >= 15 is 0 Å². The van der Waals surface area contributed by atoms with E-state index in [0.717, 1.165) is 45.3 Å². The lowest BCUT2D eigenvalue weighted by atomic mass is 9.44. The largest absolute Gasteiger partial charge is 0.392 e. The van der Waals surface area contributed by atoms with Gasteiger partial charge in [0.15, 0.2) is 11.6 Å². The molecule has 6 atom stereocenters. The molecule has 6 aliphatic rings. The number of ether oxygens (including phenoxy) is 4. The van der Waals surface area contributed by atoms with Gasteiger partial charge in [-0.3, -0.25) is 0 Å². The molecule has 2 heterocycles. The van der Waals surface area contributed by atoms with E-state index in [1.165, 1.54) is 25.0 Å². The van der Waals surface area contributed by atoms with Crippen molar-refractivity contribution in [2.24, 2.45) is 39.7 Å². The van der Waals surface area contributed by atoms with Crippen LogP contribution in [0, 0.1) is 34.5 Å². The monoisotopic (exact) mass is 445 g/mol. The molecule has 2 spiro atoms. The fraction of sp³-hybridized carbons (Fsp3) is 0.885. The Morgan fingerprint density at radius 1 is 0.969 bits per heavy atom. The summed E-state index contributed by atoms with van der Waals surface area (Å²) in [5.74, 6) is 1.48. The molecule has 0 N–H and O–H groups in total. The van der Waals surface area contributed by atoms with Crippen LogP contribution in [-0.4, -0.2) is 50.3 Å². The summed E-state index contributed by atoms with van der Waals surface area (Å²) in [5, 5.41) is 4.75. The Labute approximate surface area is 192 Å². The second-order valence-electron chi connectivity index (χ2n) is 11.6. The highest BCUT2D eigenvalue weighted by molar-refractivity contribution is 5.88. The van der Waals surface area contributed by atoms with Gasteiger partial charge in [0.05, 0.1) is 32.1 Å². The van der Waals surface area contributed by atoms with Crippen molar-refractivity contribution < 1.29 is 23.8 Å². The molecule has 0 radical (unpaired) electrons. The van der Waals surface area contributed by atoms with Crippen LogP contribution < -0.4 is 0 Å². The van der Waals surface area contributed by atoms with Crippen molar-refractivity contribution in [3.63, 3.8) is 0 Å². The SMILES string of the molecule is C=CCO/N=C1\C[C@@H]2[C@H](CC[C@@]3(C)[C@H]2CCC32OCCO2)[C@@]2(C)CCC3(CC12)OCCO3. The first kappa shape index (κ1) is 21.6. The molecule has 4 saturated carbocycles. The van der Waals surface area contributed by atoms with Gasteiger partial charge in [0, 0.05) is 30.6 Å². The van der Waals surface area contributed by atoms with Crippen LogP contribution in [0.1, 0.15) is 65.2 Å². The average Bonchev–Trinajstić information content (AvgIpc) is 3.51. The minimum Gasteiger partial charge on any atom is -0.392 e. The lowest BCUT2D eigenvalue weighted by molar-refractivity contribution is -0.249. The van der Waals surface area contributed by atoms with Crippen molar-refractivity contribution in [3.05, 3.63) is 12.7 Å². The standard InChI is InChI=1S/C26H39NO5/c1-4-11-32-27-22-16-18-19(23(2)9-10-25(17-21(22)23)28-12-13-29-25)5-7-24(3)20(18)6-8-26(24)30-14-15-31-26/h4,18-21H,1,5-17H2,2-3H3/b27-22+/t18-,19+,20+,21?,23-,24+/m1/s1. The van der Waals surface area contributed by atoms with E-state index in [2.05, 4.69) is 20.4 Å². The highest BCUT2D eigenvalue weighted by Gasteiger charge is 2.68. The van der Waals surface area contributed by atoms with Crippen LogP contribution in [0.25, 0.3) is 0 Å². The molecule has 6 fully saturated rings. The van der Waals surface area contributed by atoms with Gasteiger partial charge in [-0.2, -0.15) is 0 Å². The van der Waals surface area contributed by atoms with Gasteiger partial charge in [0.1, 0.15) is 6.61 Å². The molecule has 0 aromatic heterocycles. The molecule has 6 nitrogen and oxygen atoms in total. The van der Waals surface area contributed by atoms with Crippen LogP contribution in [0.5, 0.6) is 0 Å². The molecule has 2 saturated heterocycles. The molecule has 178 valence electrons. The number of rotatable bonds is 3. The minimum absolute atomic E-state index is 0.0918. The predicted octanol–water partition coefficient (Wildman–Crippen LogP) is 4.68. The zero-order chi connectivity index (χ0) is 22.0. The van der Waals surface area contributed by atoms with Crippen molar-refractivity contribution in [3.8, 4) is 0 Å². The number of hydrogen-bond donors (Lipinski definition) is 0. The summed E-state index contributed by atoms with van der Waals surface area (Å²) in [6, 6.07) is 0. The fourth-order valence-corrected chi connectivity index (χ4v) is 8.92. The average molecular weight is 446 g/mol. The molecule has 6 heteroatoms. The van der Waals surface area contributed by atoms with Gasteiger partial charge in [-0.25, -0.2) is 0 Å². The molecule has 4 aliphatic carbocycles. The fourth-order valence-electron chi connectivity index (χ4n) is 8.92. The van der Waals surface area contributed by atoms with E-state index in [1.54, 1.807) is 6.08 Å². The first-order valence-electron chi connectivity index (χ1n) is 12.8. The van der Waals surface area contributed by atoms with E-state index in [0.29, 0.717) is 43.5 Å². The Morgan fingerprint density at radius 2 is 1.69 bits per heavy atom. The van der Waals surface area contributed by atoms with Gasteiger partial charge < -0.3 is 23.8 Å². The van der Waals surface area contributed by atoms with Crippen LogP contribution in [0.15, 0.2) is 17.8 Å². The Balaban J connectivity index is 1.34. The number of nitrogens with zero attached hydrogens (tertiary/aromatic N) is 1. The molecule has 6 rings (SSSR count). The summed E-state index contributed by atoms with van der Waals surface area (Å²) in [6.07, 6.45) is 10.5. The first-order valence-corrected chi connectivity index (χ1v) is 12.8. The maximum Gasteiger partial charge on any atom is 0.174 e. The zero-order valence-electron chi connectivity index (χ0n) is 19.8. The highest BCUT2D eigenvalue weighted by Crippen LogP contribution is 2.69. The van der Waals surface area contributed by atoms with E-state index in [4.69, 9.17) is 28.9 Å². The smallest absolute Gasteiger partial charge is 0.174 e.